The van der Waals surface area contributed by atoms with Crippen molar-refractivity contribution in [1.29, 1.82) is 0 Å². The summed E-state index contributed by atoms with van der Waals surface area (Å²) in [7, 11) is 0. The Labute approximate surface area is 94.1 Å². The maximum absolute atomic E-state index is 9.71. The third-order valence-corrected chi connectivity index (χ3v) is 3.29. The van der Waals surface area contributed by atoms with Crippen LogP contribution in [0.1, 0.15) is 33.6 Å². The van der Waals surface area contributed by atoms with Crippen LogP contribution in [0.4, 0.5) is 0 Å². The number of aliphatic hydroxyl groups excluding tert-OH is 1. The van der Waals surface area contributed by atoms with Gasteiger partial charge in [-0.2, -0.15) is 0 Å². The van der Waals surface area contributed by atoms with Crippen molar-refractivity contribution in [2.24, 2.45) is 5.41 Å². The van der Waals surface area contributed by atoms with Gasteiger partial charge < -0.3 is 5.11 Å². The van der Waals surface area contributed by atoms with E-state index in [0.29, 0.717) is 0 Å². The first-order valence-electron chi connectivity index (χ1n) is 4.65. The van der Waals surface area contributed by atoms with Crippen LogP contribution in [0.25, 0.3) is 0 Å². The lowest BCUT2D eigenvalue weighted by Crippen LogP contribution is -2.27. The van der Waals surface area contributed by atoms with Crippen LogP contribution < -0.4 is 0 Å². The molecule has 0 fully saturated rings. The molecule has 1 rings (SSSR count). The standard InChI is InChI=1S/C11H17IO/c1-8-9(5-7-12)11(2,3)6-4-10(8)13/h5,7,10,13H,4,6H2,1-3H3/b7-5+. The zero-order chi connectivity index (χ0) is 10.1. The summed E-state index contributed by atoms with van der Waals surface area (Å²) in [6.45, 7) is 6.53. The van der Waals surface area contributed by atoms with Gasteiger partial charge in [0.15, 0.2) is 0 Å². The molecule has 13 heavy (non-hydrogen) atoms. The van der Waals surface area contributed by atoms with E-state index in [1.165, 1.54) is 5.57 Å². The van der Waals surface area contributed by atoms with Crippen molar-refractivity contribution in [2.75, 3.05) is 0 Å². The highest BCUT2D eigenvalue weighted by Gasteiger charge is 2.30. The summed E-state index contributed by atoms with van der Waals surface area (Å²) in [4.78, 5) is 0. The molecule has 1 atom stereocenters. The van der Waals surface area contributed by atoms with Crippen LogP contribution in [0, 0.1) is 5.41 Å². The number of hydrogen-bond acceptors (Lipinski definition) is 1. The number of hydrogen-bond donors (Lipinski definition) is 1. The summed E-state index contributed by atoms with van der Waals surface area (Å²) in [6.07, 6.45) is 3.87. The summed E-state index contributed by atoms with van der Waals surface area (Å²) in [5.41, 5.74) is 2.68. The smallest absolute Gasteiger partial charge is 0.0753 e. The van der Waals surface area contributed by atoms with Crippen molar-refractivity contribution in [2.45, 2.75) is 39.7 Å². The van der Waals surface area contributed by atoms with E-state index in [1.54, 1.807) is 0 Å². The SMILES string of the molecule is CC1=C(/C=C/I)C(C)(C)CCC1O. The van der Waals surface area contributed by atoms with Gasteiger partial charge in [-0.1, -0.05) is 42.5 Å². The summed E-state index contributed by atoms with van der Waals surface area (Å²) in [5, 5.41) is 9.71. The lowest BCUT2D eigenvalue weighted by Gasteiger charge is -2.35. The van der Waals surface area contributed by atoms with Gasteiger partial charge in [0, 0.05) is 0 Å². The summed E-state index contributed by atoms with van der Waals surface area (Å²) in [6, 6.07) is 0. The maximum Gasteiger partial charge on any atom is 0.0753 e. The van der Waals surface area contributed by atoms with Crippen LogP contribution in [-0.2, 0) is 0 Å². The number of rotatable bonds is 1. The van der Waals surface area contributed by atoms with Crippen LogP contribution in [0.5, 0.6) is 0 Å². The van der Waals surface area contributed by atoms with E-state index in [4.69, 9.17) is 0 Å². The van der Waals surface area contributed by atoms with Crippen molar-refractivity contribution in [3.63, 3.8) is 0 Å². The minimum Gasteiger partial charge on any atom is -0.389 e. The maximum atomic E-state index is 9.71. The number of aliphatic hydroxyl groups is 1. The monoisotopic (exact) mass is 292 g/mol. The van der Waals surface area contributed by atoms with Gasteiger partial charge in [0.05, 0.1) is 6.10 Å². The van der Waals surface area contributed by atoms with Gasteiger partial charge in [-0.05, 0) is 40.4 Å². The molecule has 1 N–H and O–H groups in total. The zero-order valence-corrected chi connectivity index (χ0v) is 10.6. The molecule has 0 amide bonds. The lowest BCUT2D eigenvalue weighted by atomic mass is 9.72. The van der Waals surface area contributed by atoms with Crippen molar-refractivity contribution in [3.8, 4) is 0 Å². The molecule has 0 aliphatic heterocycles. The molecule has 0 saturated carbocycles. The molecule has 74 valence electrons. The predicted octanol–water partition coefficient (Wildman–Crippen LogP) is 3.43. The van der Waals surface area contributed by atoms with Gasteiger partial charge in [0.1, 0.15) is 0 Å². The van der Waals surface area contributed by atoms with E-state index in [1.807, 2.05) is 11.0 Å². The van der Waals surface area contributed by atoms with Crippen LogP contribution >= 0.6 is 22.6 Å². The molecule has 1 unspecified atom stereocenters. The molecule has 1 nitrogen and oxygen atoms in total. The second-order valence-corrected chi connectivity index (χ2v) is 5.05. The van der Waals surface area contributed by atoms with Crippen LogP contribution in [0.2, 0.25) is 0 Å². The minimum atomic E-state index is -0.226. The Morgan fingerprint density at radius 3 is 2.69 bits per heavy atom. The summed E-state index contributed by atoms with van der Waals surface area (Å²) in [5.74, 6) is 0. The average molecular weight is 292 g/mol. The first kappa shape index (κ1) is 11.2. The highest BCUT2D eigenvalue weighted by atomic mass is 127. The van der Waals surface area contributed by atoms with Crippen molar-refractivity contribution in [1.82, 2.24) is 0 Å². The first-order chi connectivity index (χ1) is 5.99. The average Bonchev–Trinajstić information content (AvgIpc) is 2.07. The molecule has 0 saturated heterocycles. The van der Waals surface area contributed by atoms with E-state index in [0.717, 1.165) is 18.4 Å². The van der Waals surface area contributed by atoms with Crippen LogP contribution in [0.15, 0.2) is 21.3 Å². The molecule has 0 radical (unpaired) electrons. The van der Waals surface area contributed by atoms with E-state index < -0.39 is 0 Å². The fourth-order valence-electron chi connectivity index (χ4n) is 1.98. The Morgan fingerprint density at radius 1 is 1.54 bits per heavy atom. The number of allylic oxidation sites excluding steroid dienone is 2. The normalized spacial score (nSPS) is 28.5. The van der Waals surface area contributed by atoms with Gasteiger partial charge in [0.25, 0.3) is 0 Å². The predicted molar refractivity (Wildman–Crippen MR) is 64.9 cm³/mol. The van der Waals surface area contributed by atoms with E-state index in [2.05, 4.69) is 42.5 Å². The molecule has 0 heterocycles. The second-order valence-electron chi connectivity index (χ2n) is 4.33. The van der Waals surface area contributed by atoms with Crippen molar-refractivity contribution >= 4 is 22.6 Å². The molecule has 1 aliphatic rings. The van der Waals surface area contributed by atoms with Crippen LogP contribution in [-0.4, -0.2) is 11.2 Å². The van der Waals surface area contributed by atoms with Gasteiger partial charge in [-0.15, -0.1) is 0 Å². The third-order valence-electron chi connectivity index (χ3n) is 2.93. The van der Waals surface area contributed by atoms with Crippen molar-refractivity contribution < 1.29 is 5.11 Å². The Morgan fingerprint density at radius 2 is 2.15 bits per heavy atom. The molecule has 0 bridgehead atoms. The third kappa shape index (κ3) is 2.34. The molecule has 0 aromatic rings. The fraction of sp³-hybridized carbons (Fsp3) is 0.636. The highest BCUT2D eigenvalue weighted by molar-refractivity contribution is 14.1. The van der Waals surface area contributed by atoms with Gasteiger partial charge in [-0.25, -0.2) is 0 Å². The Hall–Kier alpha value is 0.170. The zero-order valence-electron chi connectivity index (χ0n) is 8.47. The molecular formula is C11H17IO. The summed E-state index contributed by atoms with van der Waals surface area (Å²) >= 11 is 2.23. The molecule has 0 aromatic carbocycles. The van der Waals surface area contributed by atoms with Gasteiger partial charge in [0.2, 0.25) is 0 Å². The van der Waals surface area contributed by atoms with E-state index >= 15 is 0 Å². The Bertz CT molecular complexity index is 251. The topological polar surface area (TPSA) is 20.2 Å². The molecule has 2 heteroatoms. The van der Waals surface area contributed by atoms with Crippen molar-refractivity contribution in [3.05, 3.63) is 21.3 Å². The Kier molecular flexibility index (Phi) is 3.57. The Balaban J connectivity index is 3.09. The van der Waals surface area contributed by atoms with Gasteiger partial charge in [-0.3, -0.25) is 0 Å². The fourth-order valence-corrected chi connectivity index (χ4v) is 2.34. The summed E-state index contributed by atoms with van der Waals surface area (Å²) < 4.78 is 2.02. The van der Waals surface area contributed by atoms with E-state index in [9.17, 15) is 5.11 Å². The second kappa shape index (κ2) is 4.13. The first-order valence-corrected chi connectivity index (χ1v) is 5.89. The quantitative estimate of drug-likeness (QED) is 0.734. The molecule has 1 aliphatic carbocycles. The van der Waals surface area contributed by atoms with Crippen LogP contribution in [0.3, 0.4) is 0 Å². The highest BCUT2D eigenvalue weighted by Crippen LogP contribution is 2.40. The molecular weight excluding hydrogens is 275 g/mol. The molecule has 0 spiro atoms. The number of halogens is 1. The van der Waals surface area contributed by atoms with E-state index in [-0.39, 0.29) is 11.5 Å². The van der Waals surface area contributed by atoms with Gasteiger partial charge >= 0.3 is 0 Å². The minimum absolute atomic E-state index is 0.226. The lowest BCUT2D eigenvalue weighted by molar-refractivity contribution is 0.163. The molecule has 0 aromatic heterocycles. The largest absolute Gasteiger partial charge is 0.389 e.